The van der Waals surface area contributed by atoms with Crippen LogP contribution in [0.3, 0.4) is 0 Å². The average molecular weight is 327 g/mol. The molecule has 124 valence electrons. The SMILES string of the molecule is COc1ccc2c(C(=O)NCCCn3cccn3)cc(=O)oc2c1. The highest BCUT2D eigenvalue weighted by atomic mass is 16.5. The number of aryl methyl sites for hydroxylation is 1. The van der Waals surface area contributed by atoms with Crippen molar-refractivity contribution in [2.45, 2.75) is 13.0 Å². The first kappa shape index (κ1) is 15.8. The molecule has 0 aliphatic heterocycles. The fourth-order valence-electron chi connectivity index (χ4n) is 2.43. The van der Waals surface area contributed by atoms with Crippen molar-refractivity contribution in [2.24, 2.45) is 0 Å². The molecule has 7 heteroatoms. The van der Waals surface area contributed by atoms with Crippen molar-refractivity contribution in [3.63, 3.8) is 0 Å². The summed E-state index contributed by atoms with van der Waals surface area (Å²) in [7, 11) is 1.52. The third-order valence-electron chi connectivity index (χ3n) is 3.61. The van der Waals surface area contributed by atoms with Gasteiger partial charge in [0.05, 0.1) is 12.7 Å². The van der Waals surface area contributed by atoms with Gasteiger partial charge >= 0.3 is 5.63 Å². The second kappa shape index (κ2) is 6.99. The van der Waals surface area contributed by atoms with Gasteiger partial charge in [-0.2, -0.15) is 5.10 Å². The van der Waals surface area contributed by atoms with Crippen molar-refractivity contribution in [3.05, 3.63) is 58.7 Å². The van der Waals surface area contributed by atoms with Crippen LogP contribution in [0.1, 0.15) is 16.8 Å². The molecular weight excluding hydrogens is 310 g/mol. The summed E-state index contributed by atoms with van der Waals surface area (Å²) in [5.74, 6) is 0.251. The number of amides is 1. The lowest BCUT2D eigenvalue weighted by atomic mass is 10.1. The molecule has 2 heterocycles. The molecule has 2 aromatic heterocycles. The Hall–Kier alpha value is -3.09. The van der Waals surface area contributed by atoms with Gasteiger partial charge in [-0.1, -0.05) is 0 Å². The van der Waals surface area contributed by atoms with E-state index in [0.29, 0.717) is 35.4 Å². The van der Waals surface area contributed by atoms with E-state index in [1.165, 1.54) is 13.2 Å². The van der Waals surface area contributed by atoms with Crippen molar-refractivity contribution in [1.82, 2.24) is 15.1 Å². The molecule has 0 saturated heterocycles. The lowest BCUT2D eigenvalue weighted by Crippen LogP contribution is -2.26. The van der Waals surface area contributed by atoms with Gasteiger partial charge in [0, 0.05) is 43.0 Å². The Morgan fingerprint density at radius 2 is 2.25 bits per heavy atom. The molecule has 0 bridgehead atoms. The molecule has 3 aromatic rings. The minimum Gasteiger partial charge on any atom is -0.497 e. The molecule has 7 nitrogen and oxygen atoms in total. The number of carbonyl (C=O) groups excluding carboxylic acids is 1. The highest BCUT2D eigenvalue weighted by molar-refractivity contribution is 6.05. The van der Waals surface area contributed by atoms with Gasteiger partial charge in [-0.3, -0.25) is 9.48 Å². The van der Waals surface area contributed by atoms with E-state index >= 15 is 0 Å². The van der Waals surface area contributed by atoms with Crippen LogP contribution in [0.25, 0.3) is 11.0 Å². The summed E-state index contributed by atoms with van der Waals surface area (Å²) in [6.45, 7) is 1.19. The predicted molar refractivity (Wildman–Crippen MR) is 88.2 cm³/mol. The standard InChI is InChI=1S/C17H17N3O4/c1-23-12-4-5-13-14(11-16(21)24-15(13)10-12)17(22)18-6-2-8-20-9-3-7-19-20/h3-5,7,9-11H,2,6,8H2,1H3,(H,18,22). The van der Waals surface area contributed by atoms with Crippen LogP contribution >= 0.6 is 0 Å². The third-order valence-corrected chi connectivity index (χ3v) is 3.61. The fourth-order valence-corrected chi connectivity index (χ4v) is 2.43. The van der Waals surface area contributed by atoms with Crippen LogP contribution < -0.4 is 15.7 Å². The number of fused-ring (bicyclic) bond motifs is 1. The van der Waals surface area contributed by atoms with Crippen molar-refractivity contribution in [1.29, 1.82) is 0 Å². The number of aromatic nitrogens is 2. The van der Waals surface area contributed by atoms with Crippen LogP contribution in [0.2, 0.25) is 0 Å². The fraction of sp³-hybridized carbons (Fsp3) is 0.235. The molecule has 0 unspecified atom stereocenters. The highest BCUT2D eigenvalue weighted by Gasteiger charge is 2.13. The van der Waals surface area contributed by atoms with E-state index in [0.717, 1.165) is 6.42 Å². The number of hydrogen-bond acceptors (Lipinski definition) is 5. The molecule has 0 spiro atoms. The molecule has 0 atom stereocenters. The maximum Gasteiger partial charge on any atom is 0.337 e. The number of hydrogen-bond donors (Lipinski definition) is 1. The molecule has 1 aromatic carbocycles. The summed E-state index contributed by atoms with van der Waals surface area (Å²) in [6, 6.07) is 8.07. The number of rotatable bonds is 6. The van der Waals surface area contributed by atoms with Crippen molar-refractivity contribution in [2.75, 3.05) is 13.7 Å². The third kappa shape index (κ3) is 3.45. The zero-order valence-electron chi connectivity index (χ0n) is 13.2. The monoisotopic (exact) mass is 327 g/mol. The topological polar surface area (TPSA) is 86.4 Å². The second-order valence-electron chi connectivity index (χ2n) is 5.22. The van der Waals surface area contributed by atoms with Gasteiger partial charge in [0.1, 0.15) is 11.3 Å². The minimum absolute atomic E-state index is 0.294. The van der Waals surface area contributed by atoms with Crippen LogP contribution in [0.15, 0.2) is 51.9 Å². The molecule has 1 amide bonds. The summed E-state index contributed by atoms with van der Waals surface area (Å²) < 4.78 is 12.0. The Labute approximate surface area is 137 Å². The average Bonchev–Trinajstić information content (AvgIpc) is 3.10. The van der Waals surface area contributed by atoms with Crippen LogP contribution in [-0.2, 0) is 6.54 Å². The molecule has 0 saturated carbocycles. The summed E-state index contributed by atoms with van der Waals surface area (Å²) >= 11 is 0. The first-order valence-corrected chi connectivity index (χ1v) is 7.55. The zero-order valence-corrected chi connectivity index (χ0v) is 13.2. The van der Waals surface area contributed by atoms with Crippen molar-refractivity contribution >= 4 is 16.9 Å². The van der Waals surface area contributed by atoms with Crippen LogP contribution in [0.5, 0.6) is 5.75 Å². The molecule has 0 aliphatic carbocycles. The predicted octanol–water partition coefficient (Wildman–Crippen LogP) is 1.82. The highest BCUT2D eigenvalue weighted by Crippen LogP contribution is 2.22. The van der Waals surface area contributed by atoms with E-state index in [1.807, 2.05) is 12.3 Å². The summed E-state index contributed by atoms with van der Waals surface area (Å²) in [4.78, 5) is 24.1. The molecule has 0 radical (unpaired) electrons. The summed E-state index contributed by atoms with van der Waals surface area (Å²) in [6.07, 6.45) is 4.31. The normalized spacial score (nSPS) is 10.7. The van der Waals surface area contributed by atoms with E-state index < -0.39 is 5.63 Å². The van der Waals surface area contributed by atoms with Crippen LogP contribution in [0, 0.1) is 0 Å². The van der Waals surface area contributed by atoms with Crippen LogP contribution in [-0.4, -0.2) is 29.3 Å². The van der Waals surface area contributed by atoms with Gasteiger partial charge in [-0.15, -0.1) is 0 Å². The number of nitrogens with one attached hydrogen (secondary N) is 1. The van der Waals surface area contributed by atoms with E-state index in [1.54, 1.807) is 29.1 Å². The summed E-state index contributed by atoms with van der Waals surface area (Å²) in [5.41, 5.74) is 0.0453. The van der Waals surface area contributed by atoms with E-state index in [-0.39, 0.29) is 5.91 Å². The maximum atomic E-state index is 12.4. The van der Waals surface area contributed by atoms with Crippen molar-refractivity contribution < 1.29 is 13.9 Å². The van der Waals surface area contributed by atoms with Gasteiger partial charge in [0.15, 0.2) is 0 Å². The lowest BCUT2D eigenvalue weighted by Gasteiger charge is -2.08. The number of methoxy groups -OCH3 is 1. The van der Waals surface area contributed by atoms with Gasteiger partial charge in [-0.25, -0.2) is 4.79 Å². The molecule has 1 N–H and O–H groups in total. The zero-order chi connectivity index (χ0) is 16.9. The quantitative estimate of drug-likeness (QED) is 0.551. The first-order valence-electron chi connectivity index (χ1n) is 7.55. The first-order chi connectivity index (χ1) is 11.7. The minimum atomic E-state index is -0.572. The molecule has 0 fully saturated rings. The lowest BCUT2D eigenvalue weighted by molar-refractivity contribution is 0.0953. The number of benzene rings is 1. The maximum absolute atomic E-state index is 12.4. The van der Waals surface area contributed by atoms with Gasteiger partial charge in [0.2, 0.25) is 0 Å². The van der Waals surface area contributed by atoms with Gasteiger partial charge < -0.3 is 14.5 Å². The Morgan fingerprint density at radius 1 is 1.38 bits per heavy atom. The number of carbonyl (C=O) groups is 1. The Kier molecular flexibility index (Phi) is 4.60. The van der Waals surface area contributed by atoms with E-state index in [9.17, 15) is 9.59 Å². The Balaban J connectivity index is 1.73. The smallest absolute Gasteiger partial charge is 0.337 e. The Bertz CT molecular complexity index is 900. The van der Waals surface area contributed by atoms with Crippen LogP contribution in [0.4, 0.5) is 0 Å². The molecule has 3 rings (SSSR count). The number of ether oxygens (including phenoxy) is 1. The molecule has 24 heavy (non-hydrogen) atoms. The van der Waals surface area contributed by atoms with E-state index in [2.05, 4.69) is 10.4 Å². The number of nitrogens with zero attached hydrogens (tertiary/aromatic N) is 2. The molecular formula is C17H17N3O4. The largest absolute Gasteiger partial charge is 0.497 e. The Morgan fingerprint density at radius 3 is 3.00 bits per heavy atom. The molecule has 0 aliphatic rings. The summed E-state index contributed by atoms with van der Waals surface area (Å²) in [5, 5.41) is 7.49. The van der Waals surface area contributed by atoms with Crippen molar-refractivity contribution in [3.8, 4) is 5.75 Å². The van der Waals surface area contributed by atoms with Gasteiger partial charge in [-0.05, 0) is 24.6 Å². The second-order valence-corrected chi connectivity index (χ2v) is 5.22. The van der Waals surface area contributed by atoms with E-state index in [4.69, 9.17) is 9.15 Å². The van der Waals surface area contributed by atoms with Gasteiger partial charge in [0.25, 0.3) is 5.91 Å².